The SMILES string of the molecule is C=C(C)/C=N/N1CCCCC1. The molecule has 2 heteroatoms. The maximum absolute atomic E-state index is 4.29. The van der Waals surface area contributed by atoms with E-state index in [1.165, 1.54) is 19.3 Å². The zero-order valence-electron chi connectivity index (χ0n) is 7.21. The second kappa shape index (κ2) is 4.16. The molecule has 1 rings (SSSR count). The second-order valence-corrected chi connectivity index (χ2v) is 3.11. The fourth-order valence-corrected chi connectivity index (χ4v) is 1.17. The van der Waals surface area contributed by atoms with Gasteiger partial charge in [0, 0.05) is 19.3 Å². The van der Waals surface area contributed by atoms with Gasteiger partial charge in [0.25, 0.3) is 0 Å². The van der Waals surface area contributed by atoms with Crippen molar-refractivity contribution in [2.45, 2.75) is 26.2 Å². The van der Waals surface area contributed by atoms with E-state index in [-0.39, 0.29) is 0 Å². The van der Waals surface area contributed by atoms with Crippen molar-refractivity contribution >= 4 is 6.21 Å². The van der Waals surface area contributed by atoms with Crippen LogP contribution in [-0.2, 0) is 0 Å². The molecule has 0 bridgehead atoms. The summed E-state index contributed by atoms with van der Waals surface area (Å²) in [5.74, 6) is 0. The number of nitrogens with zero attached hydrogens (tertiary/aromatic N) is 2. The summed E-state index contributed by atoms with van der Waals surface area (Å²) in [5.41, 5.74) is 1.02. The minimum atomic E-state index is 1.02. The fraction of sp³-hybridized carbons (Fsp3) is 0.667. The molecule has 0 spiro atoms. The van der Waals surface area contributed by atoms with Gasteiger partial charge in [-0.3, -0.25) is 5.01 Å². The van der Waals surface area contributed by atoms with Crippen molar-refractivity contribution < 1.29 is 0 Å². The lowest BCUT2D eigenvalue weighted by atomic mass is 10.2. The predicted octanol–water partition coefficient (Wildman–Crippen LogP) is 2.03. The fourth-order valence-electron chi connectivity index (χ4n) is 1.17. The molecule has 2 nitrogen and oxygen atoms in total. The first-order valence-corrected chi connectivity index (χ1v) is 4.23. The zero-order chi connectivity index (χ0) is 8.10. The van der Waals surface area contributed by atoms with Crippen molar-refractivity contribution in [2.75, 3.05) is 13.1 Å². The van der Waals surface area contributed by atoms with Crippen LogP contribution in [0.25, 0.3) is 0 Å². The number of allylic oxidation sites excluding steroid dienone is 1. The summed E-state index contributed by atoms with van der Waals surface area (Å²) in [6.07, 6.45) is 5.77. The topological polar surface area (TPSA) is 15.6 Å². The maximum atomic E-state index is 4.29. The molecular weight excluding hydrogens is 136 g/mol. The molecule has 1 fully saturated rings. The third-order valence-corrected chi connectivity index (χ3v) is 1.77. The highest BCUT2D eigenvalue weighted by Crippen LogP contribution is 2.08. The first kappa shape index (κ1) is 8.31. The van der Waals surface area contributed by atoms with E-state index in [4.69, 9.17) is 0 Å². The Bertz CT molecular complexity index is 155. The van der Waals surface area contributed by atoms with Gasteiger partial charge in [-0.25, -0.2) is 0 Å². The van der Waals surface area contributed by atoms with Gasteiger partial charge in [0.15, 0.2) is 0 Å². The molecule has 0 amide bonds. The van der Waals surface area contributed by atoms with E-state index in [0.717, 1.165) is 18.7 Å². The second-order valence-electron chi connectivity index (χ2n) is 3.11. The molecular formula is C9H16N2. The van der Waals surface area contributed by atoms with Crippen LogP contribution in [-0.4, -0.2) is 24.3 Å². The molecule has 0 N–H and O–H groups in total. The number of hydrogen-bond donors (Lipinski definition) is 0. The number of rotatable bonds is 2. The average Bonchev–Trinajstić information content (AvgIpc) is 2.03. The zero-order valence-corrected chi connectivity index (χ0v) is 7.21. The van der Waals surface area contributed by atoms with Crippen LogP contribution < -0.4 is 0 Å². The summed E-state index contributed by atoms with van der Waals surface area (Å²) in [6.45, 7) is 7.96. The van der Waals surface area contributed by atoms with Crippen LogP contribution in [0.5, 0.6) is 0 Å². The molecule has 1 aliphatic rings. The normalized spacial score (nSPS) is 19.2. The number of hydrogen-bond acceptors (Lipinski definition) is 2. The summed E-state index contributed by atoms with van der Waals surface area (Å²) >= 11 is 0. The van der Waals surface area contributed by atoms with E-state index in [1.54, 1.807) is 0 Å². The molecule has 0 aliphatic carbocycles. The van der Waals surface area contributed by atoms with Crippen molar-refractivity contribution in [1.82, 2.24) is 5.01 Å². The van der Waals surface area contributed by atoms with Gasteiger partial charge >= 0.3 is 0 Å². The van der Waals surface area contributed by atoms with Crippen LogP contribution in [0, 0.1) is 0 Å². The van der Waals surface area contributed by atoms with Gasteiger partial charge < -0.3 is 0 Å². The van der Waals surface area contributed by atoms with Crippen LogP contribution >= 0.6 is 0 Å². The molecule has 0 aromatic heterocycles. The van der Waals surface area contributed by atoms with Gasteiger partial charge in [-0.2, -0.15) is 5.10 Å². The number of piperidine rings is 1. The Morgan fingerprint density at radius 3 is 2.55 bits per heavy atom. The molecule has 0 saturated carbocycles. The van der Waals surface area contributed by atoms with Gasteiger partial charge in [-0.1, -0.05) is 6.58 Å². The highest BCUT2D eigenvalue weighted by atomic mass is 15.4. The monoisotopic (exact) mass is 152 g/mol. The van der Waals surface area contributed by atoms with E-state index in [0.29, 0.717) is 0 Å². The Kier molecular flexibility index (Phi) is 3.14. The lowest BCUT2D eigenvalue weighted by molar-refractivity contribution is 0.240. The first-order chi connectivity index (χ1) is 5.29. The summed E-state index contributed by atoms with van der Waals surface area (Å²) < 4.78 is 0. The van der Waals surface area contributed by atoms with Gasteiger partial charge in [0.1, 0.15) is 0 Å². The summed E-state index contributed by atoms with van der Waals surface area (Å²) in [6, 6.07) is 0. The van der Waals surface area contributed by atoms with E-state index < -0.39 is 0 Å². The third-order valence-electron chi connectivity index (χ3n) is 1.77. The highest BCUT2D eigenvalue weighted by molar-refractivity contribution is 5.76. The maximum Gasteiger partial charge on any atom is 0.0493 e. The molecule has 1 aliphatic heterocycles. The van der Waals surface area contributed by atoms with Gasteiger partial charge in [0.2, 0.25) is 0 Å². The lowest BCUT2D eigenvalue weighted by Crippen LogP contribution is -2.24. The van der Waals surface area contributed by atoms with E-state index in [1.807, 2.05) is 13.1 Å². The van der Waals surface area contributed by atoms with Crippen LogP contribution in [0.15, 0.2) is 17.3 Å². The van der Waals surface area contributed by atoms with Crippen molar-refractivity contribution in [1.29, 1.82) is 0 Å². The van der Waals surface area contributed by atoms with E-state index in [2.05, 4.69) is 16.7 Å². The summed E-state index contributed by atoms with van der Waals surface area (Å²) in [5, 5.41) is 6.41. The Hall–Kier alpha value is -0.790. The Labute approximate surface area is 68.6 Å². The summed E-state index contributed by atoms with van der Waals surface area (Å²) in [4.78, 5) is 0. The first-order valence-electron chi connectivity index (χ1n) is 4.23. The third kappa shape index (κ3) is 3.21. The molecule has 0 unspecified atom stereocenters. The predicted molar refractivity (Wildman–Crippen MR) is 48.7 cm³/mol. The lowest BCUT2D eigenvalue weighted by Gasteiger charge is -2.23. The van der Waals surface area contributed by atoms with Crippen molar-refractivity contribution in [3.63, 3.8) is 0 Å². The van der Waals surface area contributed by atoms with Crippen molar-refractivity contribution in [3.05, 3.63) is 12.2 Å². The molecule has 62 valence electrons. The van der Waals surface area contributed by atoms with Crippen molar-refractivity contribution in [3.8, 4) is 0 Å². The molecule has 11 heavy (non-hydrogen) atoms. The van der Waals surface area contributed by atoms with Crippen molar-refractivity contribution in [2.24, 2.45) is 5.10 Å². The van der Waals surface area contributed by atoms with E-state index in [9.17, 15) is 0 Å². The van der Waals surface area contributed by atoms with Gasteiger partial charge in [0.05, 0.1) is 0 Å². The molecule has 0 atom stereocenters. The van der Waals surface area contributed by atoms with E-state index >= 15 is 0 Å². The molecule has 0 aromatic rings. The smallest absolute Gasteiger partial charge is 0.0493 e. The minimum absolute atomic E-state index is 1.02. The van der Waals surface area contributed by atoms with Gasteiger partial charge in [-0.15, -0.1) is 0 Å². The molecule has 1 saturated heterocycles. The minimum Gasteiger partial charge on any atom is -0.297 e. The average molecular weight is 152 g/mol. The standard InChI is InChI=1S/C9H16N2/c1-9(2)8-10-11-6-4-3-5-7-11/h8H,1,3-7H2,2H3/b10-8+. The molecule has 0 aromatic carbocycles. The van der Waals surface area contributed by atoms with Crippen LogP contribution in [0.3, 0.4) is 0 Å². The Morgan fingerprint density at radius 1 is 1.36 bits per heavy atom. The molecule has 1 heterocycles. The highest BCUT2D eigenvalue weighted by Gasteiger charge is 2.05. The van der Waals surface area contributed by atoms with Crippen LogP contribution in [0.4, 0.5) is 0 Å². The van der Waals surface area contributed by atoms with Crippen LogP contribution in [0.1, 0.15) is 26.2 Å². The molecule has 0 radical (unpaired) electrons. The quantitative estimate of drug-likeness (QED) is 0.553. The Morgan fingerprint density at radius 2 is 2.00 bits per heavy atom. The van der Waals surface area contributed by atoms with Gasteiger partial charge in [-0.05, 0) is 31.8 Å². The largest absolute Gasteiger partial charge is 0.297 e. The summed E-state index contributed by atoms with van der Waals surface area (Å²) in [7, 11) is 0. The van der Waals surface area contributed by atoms with Crippen LogP contribution in [0.2, 0.25) is 0 Å². The number of hydrazone groups is 1. The Balaban J connectivity index is 2.29.